The van der Waals surface area contributed by atoms with E-state index in [2.05, 4.69) is 0 Å². The van der Waals surface area contributed by atoms with Crippen molar-refractivity contribution in [1.29, 1.82) is 0 Å². The molecule has 0 bridgehead atoms. The Bertz CT molecular complexity index is 374. The molecule has 0 spiro atoms. The number of carbonyl (C=O) groups excluding carboxylic acids is 2. The van der Waals surface area contributed by atoms with Crippen molar-refractivity contribution in [1.82, 2.24) is 0 Å². The van der Waals surface area contributed by atoms with Crippen molar-refractivity contribution in [3.63, 3.8) is 0 Å². The minimum atomic E-state index is -0.265. The first-order valence-corrected chi connectivity index (χ1v) is 9.20. The molecule has 1 heterocycles. The molecule has 1 aliphatic rings. The Morgan fingerprint density at radius 3 is 3.00 bits per heavy atom. The van der Waals surface area contributed by atoms with E-state index >= 15 is 0 Å². The second kappa shape index (κ2) is 10.1. The Hall–Kier alpha value is 0.325. The summed E-state index contributed by atoms with van der Waals surface area (Å²) in [7, 11) is 0. The molecule has 4 nitrogen and oxygen atoms in total. The predicted molar refractivity (Wildman–Crippen MR) is 81.3 cm³/mol. The van der Waals surface area contributed by atoms with Gasteiger partial charge in [-0.3, -0.25) is 0 Å². The molecule has 1 rings (SSSR count). The van der Waals surface area contributed by atoms with Crippen LogP contribution in [0.1, 0.15) is 32.6 Å². The zero-order chi connectivity index (χ0) is 14.1. The molecule has 8 heteroatoms. The number of ketones is 1. The minimum absolute atomic E-state index is 0.0930. The normalized spacial score (nSPS) is 22.9. The van der Waals surface area contributed by atoms with Crippen LogP contribution in [0.15, 0.2) is 0 Å². The molecule has 19 heavy (non-hydrogen) atoms. The van der Waals surface area contributed by atoms with Crippen LogP contribution in [0, 0.1) is 0 Å². The van der Waals surface area contributed by atoms with E-state index in [1.807, 2.05) is 6.92 Å². The number of rotatable bonds is 7. The zero-order valence-corrected chi connectivity index (χ0v) is 13.4. The van der Waals surface area contributed by atoms with Crippen molar-refractivity contribution < 1.29 is 19.0 Å². The molecule has 0 aromatic heterocycles. The van der Waals surface area contributed by atoms with Crippen LogP contribution in [0.4, 0.5) is 0 Å². The van der Waals surface area contributed by atoms with E-state index in [1.54, 1.807) is 6.82 Å². The Balaban J connectivity index is 2.37. The third kappa shape index (κ3) is 7.61. The maximum atomic E-state index is 11.6. The average molecular weight is 319 g/mol. The van der Waals surface area contributed by atoms with Crippen LogP contribution in [0.3, 0.4) is 0 Å². The molecule has 0 amide bonds. The molecule has 0 aromatic rings. The Morgan fingerprint density at radius 2 is 2.32 bits per heavy atom. The standard InChI is InChI=1S/C11H17BO4PS2/c1-2-19-11(14)7-10-6-8(13)5-9(16-10)3-4-15-12-17-18/h9-10H,2-7H2,1H3/q+1/t9-,10+/m0/s1. The molecule has 0 aliphatic carbocycles. The molecule has 0 saturated carbocycles. The summed E-state index contributed by atoms with van der Waals surface area (Å²) in [6, 6.07) is 0. The van der Waals surface area contributed by atoms with Gasteiger partial charge in [0, 0.05) is 0 Å². The van der Waals surface area contributed by atoms with Crippen LogP contribution in [0.5, 0.6) is 0 Å². The van der Waals surface area contributed by atoms with Crippen molar-refractivity contribution in [3.05, 3.63) is 0 Å². The zero-order valence-electron chi connectivity index (χ0n) is 10.9. The summed E-state index contributed by atoms with van der Waals surface area (Å²) in [5, 5.41) is 0.0930. The number of Topliss-reactive ketones (excluding diaryl/α,β-unsaturated/α-hetero) is 1. The second-order valence-corrected chi connectivity index (χ2v) is 6.58. The first-order chi connectivity index (χ1) is 9.15. The van der Waals surface area contributed by atoms with Crippen LogP contribution >= 0.6 is 18.6 Å². The topological polar surface area (TPSA) is 52.6 Å². The van der Waals surface area contributed by atoms with E-state index in [1.165, 1.54) is 11.8 Å². The van der Waals surface area contributed by atoms with E-state index < -0.39 is 0 Å². The summed E-state index contributed by atoms with van der Waals surface area (Å²) < 4.78 is 10.9. The van der Waals surface area contributed by atoms with Crippen molar-refractivity contribution in [2.24, 2.45) is 0 Å². The predicted octanol–water partition coefficient (Wildman–Crippen LogP) is 2.12. The van der Waals surface area contributed by atoms with E-state index in [9.17, 15) is 9.59 Å². The van der Waals surface area contributed by atoms with E-state index in [0.717, 1.165) is 5.75 Å². The summed E-state index contributed by atoms with van der Waals surface area (Å²) in [5.74, 6) is 0.924. The number of hydrogen-bond donors (Lipinski definition) is 0. The Kier molecular flexibility index (Phi) is 9.25. The van der Waals surface area contributed by atoms with Gasteiger partial charge in [-0.2, -0.15) is 0 Å². The third-order valence-corrected chi connectivity index (χ3v) is 3.94. The van der Waals surface area contributed by atoms with Gasteiger partial charge in [0.25, 0.3) is 0 Å². The van der Waals surface area contributed by atoms with E-state index in [-0.39, 0.29) is 23.1 Å². The quantitative estimate of drug-likeness (QED) is 0.407. The molecule has 2 atom stereocenters. The van der Waals surface area contributed by atoms with Gasteiger partial charge in [0.05, 0.1) is 0 Å². The summed E-state index contributed by atoms with van der Waals surface area (Å²) in [4.78, 5) is 23.2. The molecule has 0 radical (unpaired) electrons. The number of ether oxygens (including phenoxy) is 1. The number of thioether (sulfide) groups is 1. The average Bonchev–Trinajstić information content (AvgIpc) is 2.34. The van der Waals surface area contributed by atoms with Gasteiger partial charge in [-0.25, -0.2) is 0 Å². The van der Waals surface area contributed by atoms with Crippen molar-refractivity contribution in [3.8, 4) is 0 Å². The van der Waals surface area contributed by atoms with Gasteiger partial charge in [0.15, 0.2) is 0 Å². The monoisotopic (exact) mass is 319 g/mol. The van der Waals surface area contributed by atoms with Crippen molar-refractivity contribution in [2.75, 3.05) is 12.4 Å². The molecule has 0 unspecified atom stereocenters. The van der Waals surface area contributed by atoms with Gasteiger partial charge in [0.1, 0.15) is 0 Å². The number of hydrogen-bond acceptors (Lipinski definition) is 6. The molecule has 1 fully saturated rings. The molecule has 0 N–H and O–H groups in total. The Labute approximate surface area is 124 Å². The fourth-order valence-corrected chi connectivity index (χ4v) is 2.91. The molecule has 1 aliphatic heterocycles. The molecule has 104 valence electrons. The first kappa shape index (κ1) is 17.4. The van der Waals surface area contributed by atoms with Gasteiger partial charge in [-0.05, 0) is 0 Å². The van der Waals surface area contributed by atoms with Crippen molar-refractivity contribution in [2.45, 2.75) is 44.8 Å². The molecular formula is C11H17BO4PS2+. The van der Waals surface area contributed by atoms with Crippen LogP contribution in [-0.4, -0.2) is 42.3 Å². The van der Waals surface area contributed by atoms with Crippen LogP contribution < -0.4 is 0 Å². The SMILES string of the molecule is CCSC(=O)C[C@H]1CC(=O)C[C@H](CCOB=[P+]=S)O1. The summed E-state index contributed by atoms with van der Waals surface area (Å²) in [6.45, 7) is 4.63. The van der Waals surface area contributed by atoms with Crippen LogP contribution in [0.2, 0.25) is 0 Å². The molecule has 0 aromatic carbocycles. The van der Waals surface area contributed by atoms with Gasteiger partial charge in [-0.1, -0.05) is 0 Å². The molecule has 1 saturated heterocycles. The fraction of sp³-hybridized carbons (Fsp3) is 0.818. The summed E-state index contributed by atoms with van der Waals surface area (Å²) in [6.07, 6.45) is 1.34. The van der Waals surface area contributed by atoms with Gasteiger partial charge in [0.2, 0.25) is 0 Å². The summed E-state index contributed by atoms with van der Waals surface area (Å²) in [5.41, 5.74) is 0. The first-order valence-electron chi connectivity index (χ1n) is 6.24. The number of carbonyl (C=O) groups is 2. The van der Waals surface area contributed by atoms with E-state index in [4.69, 9.17) is 21.2 Å². The maximum absolute atomic E-state index is 11.6. The Morgan fingerprint density at radius 1 is 1.58 bits per heavy atom. The van der Waals surface area contributed by atoms with E-state index in [0.29, 0.717) is 39.1 Å². The van der Waals surface area contributed by atoms with Gasteiger partial charge >= 0.3 is 124 Å². The third-order valence-electron chi connectivity index (χ3n) is 2.67. The second-order valence-electron chi connectivity index (χ2n) is 4.21. The molecular weight excluding hydrogens is 302 g/mol. The fourth-order valence-electron chi connectivity index (χ4n) is 1.94. The van der Waals surface area contributed by atoms with Crippen LogP contribution in [-0.2, 0) is 30.8 Å². The van der Waals surface area contributed by atoms with Gasteiger partial charge < -0.3 is 0 Å². The summed E-state index contributed by atoms with van der Waals surface area (Å²) >= 11 is 5.98. The van der Waals surface area contributed by atoms with Gasteiger partial charge in [-0.15, -0.1) is 0 Å². The van der Waals surface area contributed by atoms with Crippen LogP contribution in [0.25, 0.3) is 0 Å². The van der Waals surface area contributed by atoms with Crippen molar-refractivity contribution >= 4 is 48.1 Å².